The van der Waals surface area contributed by atoms with Crippen LogP contribution in [0.5, 0.6) is 0 Å². The maximum atomic E-state index is 12.7. The Labute approximate surface area is 150 Å². The first-order valence-electron chi connectivity index (χ1n) is 7.94. The molecule has 2 aromatic rings. The normalized spacial score (nSPS) is 21.8. The minimum Gasteiger partial charge on any atom is -0.374 e. The number of rotatable bonds is 3. The van der Waals surface area contributed by atoms with E-state index in [4.69, 9.17) is 0 Å². The highest BCUT2D eigenvalue weighted by Crippen LogP contribution is 2.39. The highest BCUT2D eigenvalue weighted by atomic mass is 32.2. The summed E-state index contributed by atoms with van der Waals surface area (Å²) >= 11 is 0. The number of aliphatic hydroxyl groups is 1. The van der Waals surface area contributed by atoms with Gasteiger partial charge in [-0.05, 0) is 30.3 Å². The molecule has 1 unspecified atom stereocenters. The number of carbonyl (C=O) groups is 1. The maximum absolute atomic E-state index is 12.7. The first-order chi connectivity index (χ1) is 12.3. The van der Waals surface area contributed by atoms with E-state index in [0.717, 1.165) is 6.26 Å². The summed E-state index contributed by atoms with van der Waals surface area (Å²) < 4.78 is 25.0. The number of fused-ring (bicyclic) bond motifs is 2. The number of hydrogen-bond donors (Lipinski definition) is 2. The second-order valence-corrected chi connectivity index (χ2v) is 8.09. The molecule has 4 rings (SSSR count). The van der Waals surface area contributed by atoms with Gasteiger partial charge in [-0.3, -0.25) is 14.5 Å². The number of amidine groups is 1. The predicted molar refractivity (Wildman–Crippen MR) is 97.5 cm³/mol. The average molecular weight is 372 g/mol. The van der Waals surface area contributed by atoms with Gasteiger partial charge in [-0.15, -0.1) is 0 Å². The highest BCUT2D eigenvalue weighted by molar-refractivity contribution is 7.92. The van der Waals surface area contributed by atoms with E-state index in [1.165, 1.54) is 12.4 Å². The molecular formula is C17H16N4O4S. The fraction of sp³-hybridized carbons (Fsp3) is 0.235. The molecule has 2 aliphatic rings. The number of nitrogens with one attached hydrogen (secondary N) is 1. The Morgan fingerprint density at radius 2 is 1.96 bits per heavy atom. The van der Waals surface area contributed by atoms with Crippen LogP contribution in [0.4, 0.5) is 17.1 Å². The first kappa shape index (κ1) is 16.7. The quantitative estimate of drug-likeness (QED) is 0.840. The molecule has 0 aliphatic carbocycles. The zero-order valence-corrected chi connectivity index (χ0v) is 14.7. The molecule has 134 valence electrons. The molecule has 1 fully saturated rings. The number of ketones is 1. The van der Waals surface area contributed by atoms with Crippen LogP contribution in [0.25, 0.3) is 0 Å². The summed E-state index contributed by atoms with van der Waals surface area (Å²) in [6, 6.07) is 8.23. The van der Waals surface area contributed by atoms with Crippen LogP contribution in [0, 0.1) is 0 Å². The minimum absolute atomic E-state index is 0.232. The van der Waals surface area contributed by atoms with Crippen molar-refractivity contribution in [2.45, 2.75) is 12.0 Å². The summed E-state index contributed by atoms with van der Waals surface area (Å²) in [6.45, 7) is 0.418. The van der Waals surface area contributed by atoms with Crippen molar-refractivity contribution >= 4 is 38.7 Å². The monoisotopic (exact) mass is 372 g/mol. The molecule has 1 aromatic heterocycles. The third-order valence-electron chi connectivity index (χ3n) is 4.45. The smallest absolute Gasteiger partial charge is 0.229 e. The zero-order valence-electron chi connectivity index (χ0n) is 13.9. The molecule has 0 saturated carbocycles. The Morgan fingerprint density at radius 3 is 2.65 bits per heavy atom. The Morgan fingerprint density at radius 1 is 1.23 bits per heavy atom. The second-order valence-electron chi connectivity index (χ2n) is 6.34. The topological polar surface area (TPSA) is 112 Å². The lowest BCUT2D eigenvalue weighted by Gasteiger charge is -2.29. The standard InChI is InChI=1S/C17H16N4O4S/c1-26(24,25)20-11-2-4-12(5-3-11)21-9-7-17(23)15(22)13-6-8-18-10-14(13)19-16(17)21/h2-6,8,10,20,23H,7,9H2,1H3. The SMILES string of the molecule is CS(=O)(=O)Nc1ccc(N2CCC3(O)C(=O)c4ccncc4N=C23)cc1. The van der Waals surface area contributed by atoms with E-state index in [1.54, 1.807) is 35.2 Å². The van der Waals surface area contributed by atoms with E-state index in [-0.39, 0.29) is 18.0 Å². The molecule has 2 aliphatic heterocycles. The Balaban J connectivity index is 1.71. The van der Waals surface area contributed by atoms with Gasteiger partial charge in [0.1, 0.15) is 5.84 Å². The van der Waals surface area contributed by atoms with Crippen LogP contribution >= 0.6 is 0 Å². The number of pyridine rings is 1. The summed E-state index contributed by atoms with van der Waals surface area (Å²) in [5.74, 6) is -0.107. The van der Waals surface area contributed by atoms with Crippen molar-refractivity contribution in [1.82, 2.24) is 4.98 Å². The molecule has 1 saturated heterocycles. The van der Waals surface area contributed by atoms with Gasteiger partial charge in [0.05, 0.1) is 23.7 Å². The lowest BCUT2D eigenvalue weighted by atomic mass is 9.88. The summed E-state index contributed by atoms with van der Waals surface area (Å²) in [5.41, 5.74) is 0.277. The number of Topliss-reactive ketones (excluding diaryl/α,β-unsaturated/α-hetero) is 1. The third kappa shape index (κ3) is 2.65. The van der Waals surface area contributed by atoms with Gasteiger partial charge in [-0.1, -0.05) is 0 Å². The Hall–Kier alpha value is -2.78. The number of aliphatic imine (C=N–C) groups is 1. The van der Waals surface area contributed by atoms with Crippen molar-refractivity contribution in [3.05, 3.63) is 48.3 Å². The number of aromatic nitrogens is 1. The van der Waals surface area contributed by atoms with Gasteiger partial charge in [-0.2, -0.15) is 0 Å². The van der Waals surface area contributed by atoms with Crippen LogP contribution in [0.3, 0.4) is 0 Å². The van der Waals surface area contributed by atoms with Crippen molar-refractivity contribution in [3.63, 3.8) is 0 Å². The number of hydrogen-bond acceptors (Lipinski definition) is 7. The molecule has 2 N–H and O–H groups in total. The van der Waals surface area contributed by atoms with Gasteiger partial charge in [0, 0.05) is 30.5 Å². The van der Waals surface area contributed by atoms with Crippen molar-refractivity contribution in [1.29, 1.82) is 0 Å². The van der Waals surface area contributed by atoms with Crippen LogP contribution in [0.1, 0.15) is 16.8 Å². The minimum atomic E-state index is -3.36. The predicted octanol–water partition coefficient (Wildman–Crippen LogP) is 1.32. The Bertz CT molecular complexity index is 1030. The van der Waals surface area contributed by atoms with Crippen molar-refractivity contribution < 1.29 is 18.3 Å². The summed E-state index contributed by atoms with van der Waals surface area (Å²) in [7, 11) is -3.36. The molecule has 0 radical (unpaired) electrons. The first-order valence-corrected chi connectivity index (χ1v) is 9.83. The number of anilines is 2. The van der Waals surface area contributed by atoms with Crippen molar-refractivity contribution in [2.24, 2.45) is 4.99 Å². The van der Waals surface area contributed by atoms with E-state index in [0.29, 0.717) is 29.2 Å². The molecule has 1 atom stereocenters. The third-order valence-corrected chi connectivity index (χ3v) is 5.06. The van der Waals surface area contributed by atoms with Crippen LogP contribution < -0.4 is 9.62 Å². The fourth-order valence-corrected chi connectivity index (χ4v) is 3.83. The van der Waals surface area contributed by atoms with Gasteiger partial charge in [0.15, 0.2) is 5.60 Å². The molecule has 26 heavy (non-hydrogen) atoms. The summed E-state index contributed by atoms with van der Waals surface area (Å²) in [4.78, 5) is 23.0. The van der Waals surface area contributed by atoms with E-state index in [9.17, 15) is 18.3 Å². The Kier molecular flexibility index (Phi) is 3.60. The van der Waals surface area contributed by atoms with Crippen LogP contribution in [0.2, 0.25) is 0 Å². The van der Waals surface area contributed by atoms with E-state index in [2.05, 4.69) is 14.7 Å². The van der Waals surface area contributed by atoms with E-state index < -0.39 is 15.6 Å². The van der Waals surface area contributed by atoms with E-state index in [1.807, 2.05) is 0 Å². The lowest BCUT2D eigenvalue weighted by molar-refractivity contribution is 0.0602. The zero-order chi connectivity index (χ0) is 18.5. The van der Waals surface area contributed by atoms with Crippen LogP contribution in [-0.2, 0) is 10.0 Å². The van der Waals surface area contributed by atoms with E-state index >= 15 is 0 Å². The van der Waals surface area contributed by atoms with Gasteiger partial charge in [-0.25, -0.2) is 13.4 Å². The molecular weight excluding hydrogens is 356 g/mol. The summed E-state index contributed by atoms with van der Waals surface area (Å²) in [6.07, 6.45) is 4.31. The van der Waals surface area contributed by atoms with Crippen LogP contribution in [0.15, 0.2) is 47.7 Å². The number of nitrogens with zero attached hydrogens (tertiary/aromatic N) is 3. The number of carbonyl (C=O) groups excluding carboxylic acids is 1. The van der Waals surface area contributed by atoms with Gasteiger partial charge < -0.3 is 10.0 Å². The number of benzene rings is 1. The van der Waals surface area contributed by atoms with Gasteiger partial charge >= 0.3 is 0 Å². The fourth-order valence-electron chi connectivity index (χ4n) is 3.26. The molecule has 0 amide bonds. The number of sulfonamides is 1. The molecule has 0 bridgehead atoms. The average Bonchev–Trinajstić information content (AvgIpc) is 2.93. The summed E-state index contributed by atoms with van der Waals surface area (Å²) in [5, 5.41) is 10.9. The molecule has 8 nitrogen and oxygen atoms in total. The molecule has 0 spiro atoms. The van der Waals surface area contributed by atoms with Gasteiger partial charge in [0.25, 0.3) is 0 Å². The van der Waals surface area contributed by atoms with Crippen molar-refractivity contribution in [3.8, 4) is 0 Å². The van der Waals surface area contributed by atoms with Crippen molar-refractivity contribution in [2.75, 3.05) is 22.4 Å². The van der Waals surface area contributed by atoms with Crippen LogP contribution in [-0.4, -0.2) is 48.5 Å². The molecule has 9 heteroatoms. The van der Waals surface area contributed by atoms with Gasteiger partial charge in [0.2, 0.25) is 15.8 Å². The second kappa shape index (κ2) is 5.61. The largest absolute Gasteiger partial charge is 0.374 e. The lowest BCUT2D eigenvalue weighted by Crippen LogP contribution is -2.48. The molecule has 1 aromatic carbocycles. The highest BCUT2D eigenvalue weighted by Gasteiger charge is 2.52. The maximum Gasteiger partial charge on any atom is 0.229 e. The molecule has 3 heterocycles.